The van der Waals surface area contributed by atoms with Gasteiger partial charge in [-0.25, -0.2) is 4.98 Å². The Bertz CT molecular complexity index is 1150. The molecule has 34 heavy (non-hydrogen) atoms. The highest BCUT2D eigenvalue weighted by Gasteiger charge is 2.59. The molecule has 3 aromatic heterocycles. The Labute approximate surface area is 208 Å². The van der Waals surface area contributed by atoms with Gasteiger partial charge in [0.25, 0.3) is 0 Å². The maximum absolute atomic E-state index is 13.2. The van der Waals surface area contributed by atoms with E-state index in [0.717, 1.165) is 34.7 Å². The fraction of sp³-hybridized carbons (Fsp3) is 0.500. The molecule has 3 N–H and O–H groups in total. The predicted molar refractivity (Wildman–Crippen MR) is 135 cm³/mol. The van der Waals surface area contributed by atoms with Gasteiger partial charge in [0.1, 0.15) is 5.01 Å². The summed E-state index contributed by atoms with van der Waals surface area (Å²) in [5.74, 6) is -0.0195. The first-order valence-electron chi connectivity index (χ1n) is 11.8. The van der Waals surface area contributed by atoms with Gasteiger partial charge < -0.3 is 15.5 Å². The molecule has 1 fully saturated rings. The lowest BCUT2D eigenvalue weighted by molar-refractivity contribution is -0.144. The summed E-state index contributed by atoms with van der Waals surface area (Å²) >= 11 is 3.34. The number of pyridine rings is 1. The summed E-state index contributed by atoms with van der Waals surface area (Å²) in [6, 6.07) is 5.90. The van der Waals surface area contributed by atoms with Crippen LogP contribution in [-0.2, 0) is 17.8 Å². The normalized spacial score (nSPS) is 30.4. The lowest BCUT2D eigenvalue weighted by Crippen LogP contribution is -2.57. The number of hydrogen-bond acceptors (Lipinski definition) is 7. The summed E-state index contributed by atoms with van der Waals surface area (Å²) in [6.07, 6.45) is 5.47. The molecule has 3 aromatic rings. The minimum absolute atomic E-state index is 0.0106. The predicted octanol–water partition coefficient (Wildman–Crippen LogP) is 4.39. The topological polar surface area (TPSA) is 95.3 Å². The van der Waals surface area contributed by atoms with Crippen molar-refractivity contribution in [2.45, 2.75) is 58.1 Å². The van der Waals surface area contributed by atoms with E-state index in [9.17, 15) is 15.0 Å². The van der Waals surface area contributed by atoms with E-state index >= 15 is 0 Å². The number of aliphatic hydroxyl groups is 2. The summed E-state index contributed by atoms with van der Waals surface area (Å²) in [7, 11) is 0. The molecule has 5 rings (SSSR count). The second-order valence-corrected chi connectivity index (χ2v) is 12.1. The zero-order chi connectivity index (χ0) is 23.9. The minimum Gasteiger partial charge on any atom is -0.396 e. The third kappa shape index (κ3) is 4.00. The summed E-state index contributed by atoms with van der Waals surface area (Å²) in [5.41, 5.74) is 2.25. The average Bonchev–Trinajstić information content (AvgIpc) is 3.52. The molecule has 0 aliphatic heterocycles. The van der Waals surface area contributed by atoms with Crippen LogP contribution in [0.2, 0.25) is 0 Å². The number of nitrogens with one attached hydrogen (secondary N) is 1. The van der Waals surface area contributed by atoms with Crippen LogP contribution in [0, 0.1) is 16.7 Å². The molecule has 2 aliphatic carbocycles. The van der Waals surface area contributed by atoms with E-state index in [4.69, 9.17) is 4.98 Å². The van der Waals surface area contributed by atoms with Crippen LogP contribution in [0.4, 0.5) is 0 Å². The summed E-state index contributed by atoms with van der Waals surface area (Å²) < 4.78 is 0. The van der Waals surface area contributed by atoms with Gasteiger partial charge in [-0.1, -0.05) is 19.9 Å². The van der Waals surface area contributed by atoms with E-state index in [-0.39, 0.29) is 29.8 Å². The largest absolute Gasteiger partial charge is 0.396 e. The molecule has 0 spiro atoms. The number of amides is 1. The van der Waals surface area contributed by atoms with E-state index < -0.39 is 11.5 Å². The third-order valence-corrected chi connectivity index (χ3v) is 10.1. The van der Waals surface area contributed by atoms with Crippen LogP contribution in [0.1, 0.15) is 55.2 Å². The van der Waals surface area contributed by atoms with E-state index in [1.807, 2.05) is 19.1 Å². The van der Waals surface area contributed by atoms with Crippen molar-refractivity contribution in [1.82, 2.24) is 15.3 Å². The van der Waals surface area contributed by atoms with Crippen LogP contribution in [0.25, 0.3) is 10.6 Å². The van der Waals surface area contributed by atoms with Crippen LogP contribution >= 0.6 is 22.7 Å². The van der Waals surface area contributed by atoms with Gasteiger partial charge >= 0.3 is 0 Å². The van der Waals surface area contributed by atoms with Crippen LogP contribution in [-0.4, -0.2) is 38.8 Å². The number of carbonyl (C=O) groups excluding carboxylic acids is 1. The van der Waals surface area contributed by atoms with Gasteiger partial charge in [0.2, 0.25) is 5.91 Å². The van der Waals surface area contributed by atoms with E-state index in [1.165, 1.54) is 4.88 Å². The zero-order valence-electron chi connectivity index (χ0n) is 19.5. The summed E-state index contributed by atoms with van der Waals surface area (Å²) in [4.78, 5) is 23.6. The van der Waals surface area contributed by atoms with E-state index in [0.29, 0.717) is 19.4 Å². The average molecular weight is 498 g/mol. The van der Waals surface area contributed by atoms with Crippen molar-refractivity contribution in [1.29, 1.82) is 0 Å². The Balaban J connectivity index is 1.49. The van der Waals surface area contributed by atoms with Crippen LogP contribution in [0.15, 0.2) is 41.4 Å². The molecule has 1 amide bonds. The Kier molecular flexibility index (Phi) is 6.35. The highest BCUT2D eigenvalue weighted by Crippen LogP contribution is 2.62. The molecule has 1 saturated carbocycles. The van der Waals surface area contributed by atoms with Crippen LogP contribution in [0.3, 0.4) is 0 Å². The fourth-order valence-corrected chi connectivity index (χ4v) is 8.00. The van der Waals surface area contributed by atoms with Gasteiger partial charge in [0, 0.05) is 52.5 Å². The maximum atomic E-state index is 13.2. The van der Waals surface area contributed by atoms with Gasteiger partial charge in [-0.15, -0.1) is 11.3 Å². The van der Waals surface area contributed by atoms with Gasteiger partial charge in [-0.2, -0.15) is 11.3 Å². The standard InChI is InChI=1S/C26H31N3O3S2/c1-25-7-5-21(31)26(2,15-30)20(25)11-19-23(29-24(34-19)17-6-9-33-14-17)18(25)10-22(32)28-13-16-4-3-8-27-12-16/h3-4,6,8-9,12,14,18,20-21,30-31H,5,7,10-11,13,15H2,1-2H3,(H,28,32). The lowest BCUT2D eigenvalue weighted by Gasteiger charge is -2.58. The van der Waals surface area contributed by atoms with Crippen LogP contribution in [0.5, 0.6) is 0 Å². The molecule has 0 bridgehead atoms. The van der Waals surface area contributed by atoms with Crippen molar-refractivity contribution in [3.05, 3.63) is 57.5 Å². The number of aliphatic hydroxyl groups excluding tert-OH is 2. The maximum Gasteiger partial charge on any atom is 0.220 e. The molecule has 5 unspecified atom stereocenters. The number of nitrogens with zero attached hydrogens (tertiary/aromatic N) is 2. The van der Waals surface area contributed by atoms with Gasteiger partial charge in [-0.05, 0) is 53.7 Å². The van der Waals surface area contributed by atoms with Crippen LogP contribution < -0.4 is 5.32 Å². The van der Waals surface area contributed by atoms with E-state index in [1.54, 1.807) is 35.1 Å². The molecular weight excluding hydrogens is 466 g/mol. The van der Waals surface area contributed by atoms with Crippen molar-refractivity contribution < 1.29 is 15.0 Å². The minimum atomic E-state index is -0.609. The Morgan fingerprint density at radius 1 is 1.32 bits per heavy atom. The molecule has 180 valence electrons. The number of aromatic nitrogens is 2. The van der Waals surface area contributed by atoms with Crippen molar-refractivity contribution in [3.63, 3.8) is 0 Å². The number of carbonyl (C=O) groups is 1. The number of thiophene rings is 1. The van der Waals surface area contributed by atoms with Crippen molar-refractivity contribution in [2.75, 3.05) is 6.61 Å². The Morgan fingerprint density at radius 3 is 2.88 bits per heavy atom. The van der Waals surface area contributed by atoms with Gasteiger partial charge in [0.15, 0.2) is 0 Å². The zero-order valence-corrected chi connectivity index (χ0v) is 21.2. The third-order valence-electron chi connectivity index (χ3n) is 8.26. The second kappa shape index (κ2) is 9.15. The van der Waals surface area contributed by atoms with E-state index in [2.05, 4.69) is 34.1 Å². The molecule has 0 radical (unpaired) electrons. The fourth-order valence-electron chi connectivity index (χ4n) is 6.12. The molecule has 2 aliphatic rings. The second-order valence-electron chi connectivity index (χ2n) is 10.2. The Morgan fingerprint density at radius 2 is 2.18 bits per heavy atom. The molecule has 0 aromatic carbocycles. The van der Waals surface area contributed by atoms with Gasteiger partial charge in [0.05, 0.1) is 18.4 Å². The van der Waals surface area contributed by atoms with Crippen molar-refractivity contribution in [2.24, 2.45) is 16.7 Å². The number of rotatable bonds is 6. The van der Waals surface area contributed by atoms with Gasteiger partial charge in [-0.3, -0.25) is 9.78 Å². The molecule has 0 saturated heterocycles. The van der Waals surface area contributed by atoms with Crippen molar-refractivity contribution in [3.8, 4) is 10.6 Å². The molecule has 5 atom stereocenters. The first-order chi connectivity index (χ1) is 16.3. The quantitative estimate of drug-likeness (QED) is 0.470. The monoisotopic (exact) mass is 497 g/mol. The molecule has 3 heterocycles. The highest BCUT2D eigenvalue weighted by molar-refractivity contribution is 7.15. The molecule has 8 heteroatoms. The highest BCUT2D eigenvalue weighted by atomic mass is 32.1. The summed E-state index contributed by atoms with van der Waals surface area (Å²) in [5, 5.41) is 29.5. The molecule has 6 nitrogen and oxygen atoms in total. The number of fused-ring (bicyclic) bond motifs is 2. The smallest absolute Gasteiger partial charge is 0.220 e. The number of thiazole rings is 1. The van der Waals surface area contributed by atoms with Crippen molar-refractivity contribution >= 4 is 28.6 Å². The lowest BCUT2D eigenvalue weighted by atomic mass is 9.47. The Hall–Kier alpha value is -2.13. The first-order valence-corrected chi connectivity index (χ1v) is 13.6. The SMILES string of the molecule is CC1(CO)C(O)CCC2(C)C(CC(=O)NCc3cccnc3)c3nc(-c4ccsc4)sc3CC12. The first kappa shape index (κ1) is 23.6. The molecular formula is C26H31N3O3S2. The summed E-state index contributed by atoms with van der Waals surface area (Å²) in [6.45, 7) is 4.62. The number of hydrogen-bond donors (Lipinski definition) is 3.